The summed E-state index contributed by atoms with van der Waals surface area (Å²) in [6.07, 6.45) is 6.57. The Bertz CT molecular complexity index is 1350. The lowest BCUT2D eigenvalue weighted by atomic mass is 10.1. The SMILES string of the molecule is CCCCCCOC(=O)NCC(=O)Nc1cccc(-c2ccnc3c(C(=O)c4cccs4)cnn23)c1. The van der Waals surface area contributed by atoms with Crippen molar-refractivity contribution < 1.29 is 19.1 Å². The molecule has 10 heteroatoms. The molecule has 3 aromatic heterocycles. The van der Waals surface area contributed by atoms with E-state index in [1.807, 2.05) is 17.5 Å². The number of carbonyl (C=O) groups is 3. The first kappa shape index (κ1) is 25.1. The maximum absolute atomic E-state index is 12.8. The number of benzene rings is 1. The monoisotopic (exact) mass is 505 g/mol. The van der Waals surface area contributed by atoms with Gasteiger partial charge in [-0.3, -0.25) is 9.59 Å². The molecule has 1 aromatic carbocycles. The van der Waals surface area contributed by atoms with E-state index in [9.17, 15) is 14.4 Å². The Balaban J connectivity index is 1.40. The normalized spacial score (nSPS) is 10.8. The number of amides is 2. The van der Waals surface area contributed by atoms with Crippen molar-refractivity contribution in [3.05, 3.63) is 70.7 Å². The lowest BCUT2D eigenvalue weighted by molar-refractivity contribution is -0.115. The standard InChI is InChI=1S/C26H27N5O4S/c1-2-3-4-5-13-35-26(34)28-17-23(32)30-19-9-6-8-18(15-19)21-11-12-27-25-20(16-29-31(21)25)24(33)22-10-7-14-36-22/h6-12,14-16H,2-5,13,17H2,1H3,(H,28,34)(H,30,32). The van der Waals surface area contributed by atoms with Crippen LogP contribution in [0.4, 0.5) is 10.5 Å². The van der Waals surface area contributed by atoms with Crippen molar-refractivity contribution in [2.45, 2.75) is 32.6 Å². The molecule has 0 saturated carbocycles. The van der Waals surface area contributed by atoms with Crippen LogP contribution in [0.2, 0.25) is 0 Å². The van der Waals surface area contributed by atoms with Gasteiger partial charge in [-0.15, -0.1) is 11.3 Å². The zero-order valence-corrected chi connectivity index (χ0v) is 20.7. The van der Waals surface area contributed by atoms with E-state index < -0.39 is 6.09 Å². The molecule has 0 atom stereocenters. The summed E-state index contributed by atoms with van der Waals surface area (Å²) in [6.45, 7) is 2.25. The van der Waals surface area contributed by atoms with Gasteiger partial charge in [0.05, 0.1) is 28.9 Å². The molecular formula is C26H27N5O4S. The van der Waals surface area contributed by atoms with Crippen LogP contribution >= 0.6 is 11.3 Å². The van der Waals surface area contributed by atoms with Gasteiger partial charge in [-0.2, -0.15) is 5.10 Å². The van der Waals surface area contributed by atoms with E-state index in [0.717, 1.165) is 31.2 Å². The fourth-order valence-corrected chi connectivity index (χ4v) is 4.35. The third-order valence-electron chi connectivity index (χ3n) is 5.46. The van der Waals surface area contributed by atoms with Gasteiger partial charge in [0.15, 0.2) is 5.65 Å². The van der Waals surface area contributed by atoms with Crippen LogP contribution in [0, 0.1) is 0 Å². The maximum atomic E-state index is 12.8. The van der Waals surface area contributed by atoms with Gasteiger partial charge in [-0.25, -0.2) is 14.3 Å². The summed E-state index contributed by atoms with van der Waals surface area (Å²) in [5, 5.41) is 11.5. The zero-order valence-electron chi connectivity index (χ0n) is 19.9. The van der Waals surface area contributed by atoms with Crippen LogP contribution in [0.5, 0.6) is 0 Å². The Hall–Kier alpha value is -4.05. The molecule has 0 bridgehead atoms. The summed E-state index contributed by atoms with van der Waals surface area (Å²) in [6, 6.07) is 12.6. The summed E-state index contributed by atoms with van der Waals surface area (Å²) in [4.78, 5) is 41.9. The zero-order chi connectivity index (χ0) is 25.3. The minimum Gasteiger partial charge on any atom is -0.450 e. The largest absolute Gasteiger partial charge is 0.450 e. The molecule has 4 rings (SSSR count). The predicted molar refractivity (Wildman–Crippen MR) is 138 cm³/mol. The van der Waals surface area contributed by atoms with Crippen molar-refractivity contribution in [2.24, 2.45) is 0 Å². The van der Waals surface area contributed by atoms with Crippen molar-refractivity contribution in [2.75, 3.05) is 18.5 Å². The van der Waals surface area contributed by atoms with Crippen LogP contribution < -0.4 is 10.6 Å². The molecule has 9 nitrogen and oxygen atoms in total. The van der Waals surface area contributed by atoms with Gasteiger partial charge in [0.2, 0.25) is 11.7 Å². The number of rotatable bonds is 11. The molecule has 0 saturated heterocycles. The lowest BCUT2D eigenvalue weighted by Gasteiger charge is -2.10. The Morgan fingerprint density at radius 2 is 1.97 bits per heavy atom. The number of hydrogen-bond acceptors (Lipinski definition) is 7. The van der Waals surface area contributed by atoms with Crippen molar-refractivity contribution >= 4 is 40.5 Å². The molecule has 36 heavy (non-hydrogen) atoms. The van der Waals surface area contributed by atoms with Crippen LogP contribution in [0.3, 0.4) is 0 Å². The number of thiophene rings is 1. The highest BCUT2D eigenvalue weighted by Gasteiger charge is 2.18. The van der Waals surface area contributed by atoms with Crippen LogP contribution in [-0.2, 0) is 9.53 Å². The third kappa shape index (κ3) is 6.14. The van der Waals surface area contributed by atoms with Gasteiger partial charge in [0.25, 0.3) is 0 Å². The number of aromatic nitrogens is 3. The molecule has 2 amide bonds. The second-order valence-electron chi connectivity index (χ2n) is 8.11. The molecule has 3 heterocycles. The summed E-state index contributed by atoms with van der Waals surface area (Å²) < 4.78 is 6.69. The highest BCUT2D eigenvalue weighted by Crippen LogP contribution is 2.25. The Morgan fingerprint density at radius 3 is 2.78 bits per heavy atom. The molecule has 0 aliphatic carbocycles. The molecule has 2 N–H and O–H groups in total. The predicted octanol–water partition coefficient (Wildman–Crippen LogP) is 4.93. The highest BCUT2D eigenvalue weighted by atomic mass is 32.1. The summed E-state index contributed by atoms with van der Waals surface area (Å²) in [5.41, 5.74) is 2.92. The third-order valence-corrected chi connectivity index (χ3v) is 6.33. The number of ether oxygens (including phenoxy) is 1. The number of unbranched alkanes of at least 4 members (excludes halogenated alkanes) is 3. The maximum Gasteiger partial charge on any atom is 0.407 e. The number of hydrogen-bond donors (Lipinski definition) is 2. The fraction of sp³-hybridized carbons (Fsp3) is 0.269. The minimum atomic E-state index is -0.610. The van der Waals surface area contributed by atoms with Crippen LogP contribution in [0.25, 0.3) is 16.9 Å². The molecule has 0 aliphatic rings. The Morgan fingerprint density at radius 1 is 1.08 bits per heavy atom. The van der Waals surface area contributed by atoms with Gasteiger partial charge in [-0.05, 0) is 36.1 Å². The first-order chi connectivity index (χ1) is 17.6. The molecule has 4 aromatic rings. The van der Waals surface area contributed by atoms with Gasteiger partial charge >= 0.3 is 6.09 Å². The van der Waals surface area contributed by atoms with Crippen LogP contribution in [0.15, 0.2) is 60.2 Å². The summed E-state index contributed by atoms with van der Waals surface area (Å²) in [5.74, 6) is -0.504. The molecular weight excluding hydrogens is 478 g/mol. The molecule has 186 valence electrons. The number of fused-ring (bicyclic) bond motifs is 1. The average Bonchev–Trinajstić information content (AvgIpc) is 3.58. The molecule has 0 spiro atoms. The summed E-state index contributed by atoms with van der Waals surface area (Å²) in [7, 11) is 0. The second kappa shape index (κ2) is 12.1. The van der Waals surface area contributed by atoms with Crippen molar-refractivity contribution in [3.63, 3.8) is 0 Å². The number of carbonyl (C=O) groups excluding carboxylic acids is 3. The number of anilines is 1. The molecule has 0 radical (unpaired) electrons. The average molecular weight is 506 g/mol. The first-order valence-electron chi connectivity index (χ1n) is 11.8. The van der Waals surface area contributed by atoms with E-state index in [2.05, 4.69) is 27.6 Å². The van der Waals surface area contributed by atoms with Crippen molar-refractivity contribution in [3.8, 4) is 11.3 Å². The first-order valence-corrected chi connectivity index (χ1v) is 12.7. The number of ketones is 1. The number of nitrogens with one attached hydrogen (secondary N) is 2. The van der Waals surface area contributed by atoms with Gasteiger partial charge < -0.3 is 15.4 Å². The van der Waals surface area contributed by atoms with Crippen LogP contribution in [0.1, 0.15) is 47.8 Å². The van der Waals surface area contributed by atoms with E-state index in [-0.39, 0.29) is 18.2 Å². The Kier molecular flexibility index (Phi) is 8.40. The number of alkyl carbamates (subject to hydrolysis) is 1. The summed E-state index contributed by atoms with van der Waals surface area (Å²) >= 11 is 1.37. The molecule has 0 fully saturated rings. The number of nitrogens with zero attached hydrogens (tertiary/aromatic N) is 3. The van der Waals surface area contributed by atoms with Gasteiger partial charge in [0.1, 0.15) is 6.54 Å². The quantitative estimate of drug-likeness (QED) is 0.221. The second-order valence-corrected chi connectivity index (χ2v) is 9.06. The molecule has 0 aliphatic heterocycles. The van der Waals surface area contributed by atoms with E-state index >= 15 is 0 Å². The topological polar surface area (TPSA) is 115 Å². The van der Waals surface area contributed by atoms with Crippen LogP contribution in [-0.4, -0.2) is 45.5 Å². The lowest BCUT2D eigenvalue weighted by Crippen LogP contribution is -2.33. The molecule has 0 unspecified atom stereocenters. The van der Waals surface area contributed by atoms with Crippen molar-refractivity contribution in [1.82, 2.24) is 19.9 Å². The van der Waals surface area contributed by atoms with E-state index in [0.29, 0.717) is 34.1 Å². The van der Waals surface area contributed by atoms with E-state index in [1.165, 1.54) is 17.5 Å². The van der Waals surface area contributed by atoms with E-state index in [4.69, 9.17) is 4.74 Å². The Labute approximate surface area is 212 Å². The smallest absolute Gasteiger partial charge is 0.407 e. The minimum absolute atomic E-state index is 0.127. The van der Waals surface area contributed by atoms with Gasteiger partial charge in [-0.1, -0.05) is 44.4 Å². The highest BCUT2D eigenvalue weighted by molar-refractivity contribution is 7.12. The van der Waals surface area contributed by atoms with E-state index in [1.54, 1.807) is 41.0 Å². The van der Waals surface area contributed by atoms with Crippen molar-refractivity contribution in [1.29, 1.82) is 0 Å². The fourth-order valence-electron chi connectivity index (χ4n) is 3.67. The van der Waals surface area contributed by atoms with Gasteiger partial charge in [0, 0.05) is 17.4 Å².